The molecule has 4 rings (SSSR count). The van der Waals surface area contributed by atoms with Gasteiger partial charge in [0.05, 0.1) is 22.4 Å². The molecule has 0 spiro atoms. The van der Waals surface area contributed by atoms with Gasteiger partial charge in [-0.2, -0.15) is 0 Å². The van der Waals surface area contributed by atoms with Crippen LogP contribution in [0.4, 0.5) is 5.69 Å². The van der Waals surface area contributed by atoms with Crippen molar-refractivity contribution < 1.29 is 10.2 Å². The summed E-state index contributed by atoms with van der Waals surface area (Å²) in [6.45, 7) is 3.07. The largest absolute Gasteiger partial charge is 0.385 e. The first kappa shape index (κ1) is 24.4. The lowest BCUT2D eigenvalue weighted by Gasteiger charge is -2.21. The summed E-state index contributed by atoms with van der Waals surface area (Å²) in [5.74, 6) is 0.917. The van der Waals surface area contributed by atoms with E-state index in [-0.39, 0.29) is 0 Å². The minimum atomic E-state index is -1.26. The second-order valence-corrected chi connectivity index (χ2v) is 9.40. The summed E-state index contributed by atoms with van der Waals surface area (Å²) < 4.78 is 0. The molecule has 0 amide bonds. The minimum Gasteiger partial charge on any atom is -0.385 e. The van der Waals surface area contributed by atoms with Gasteiger partial charge in [-0.1, -0.05) is 61.0 Å². The third-order valence-electron chi connectivity index (χ3n) is 6.32. The molecule has 0 saturated heterocycles. The smallest absolute Gasteiger partial charge is 0.151 e. The highest BCUT2D eigenvalue weighted by Crippen LogP contribution is 2.28. The number of nitrogens with zero attached hydrogens (tertiary/aromatic N) is 2. The van der Waals surface area contributed by atoms with Crippen LogP contribution in [-0.4, -0.2) is 33.0 Å². The second kappa shape index (κ2) is 11.6. The van der Waals surface area contributed by atoms with Gasteiger partial charge in [0.2, 0.25) is 0 Å². The van der Waals surface area contributed by atoms with Crippen molar-refractivity contribution in [2.24, 2.45) is 11.8 Å². The zero-order chi connectivity index (χ0) is 23.9. The van der Waals surface area contributed by atoms with Gasteiger partial charge in [0, 0.05) is 22.8 Å². The molecule has 6 heteroatoms. The Labute approximate surface area is 206 Å². The Morgan fingerprint density at radius 2 is 1.85 bits per heavy atom. The summed E-state index contributed by atoms with van der Waals surface area (Å²) in [5.41, 5.74) is 5.63. The summed E-state index contributed by atoms with van der Waals surface area (Å²) in [4.78, 5) is 9.94. The predicted octanol–water partition coefficient (Wildman–Crippen LogP) is 6.07. The molecule has 3 N–H and O–H groups in total. The predicted molar refractivity (Wildman–Crippen MR) is 140 cm³/mol. The molecule has 0 fully saturated rings. The maximum absolute atomic E-state index is 9.14. The first-order valence-corrected chi connectivity index (χ1v) is 12.4. The van der Waals surface area contributed by atoms with Crippen LogP contribution in [0.5, 0.6) is 0 Å². The minimum absolute atomic E-state index is 0.368. The highest BCUT2D eigenvalue weighted by molar-refractivity contribution is 6.31. The molecule has 34 heavy (non-hydrogen) atoms. The van der Waals surface area contributed by atoms with Gasteiger partial charge in [0.15, 0.2) is 6.29 Å². The molecule has 0 saturated carbocycles. The van der Waals surface area contributed by atoms with Gasteiger partial charge in [0.25, 0.3) is 0 Å². The standard InChI is InChI=1S/C28H32ClN3O2/c1-19-17-22(29)12-11-20(19)15-16-30-23-13-14-24-26(18-23)31-25(9-5-6-10-27(33)34)28(32-24)21-7-3-2-4-8-21/h2-4,7-8,11-14,17-20,27,30,33-34H,5-6,9-10,15-16H2,1H3. The molecular weight excluding hydrogens is 446 g/mol. The Kier molecular flexibility index (Phi) is 8.33. The van der Waals surface area contributed by atoms with Gasteiger partial charge in [-0.05, 0) is 68.2 Å². The van der Waals surface area contributed by atoms with E-state index in [1.54, 1.807) is 0 Å². The van der Waals surface area contributed by atoms with Crippen molar-refractivity contribution >= 4 is 28.3 Å². The number of rotatable bonds is 10. The van der Waals surface area contributed by atoms with Crippen LogP contribution in [0.3, 0.4) is 0 Å². The molecule has 0 aliphatic heterocycles. The number of aromatic nitrogens is 2. The topological polar surface area (TPSA) is 78.3 Å². The van der Waals surface area contributed by atoms with E-state index in [0.717, 1.165) is 70.9 Å². The molecule has 2 atom stereocenters. The van der Waals surface area contributed by atoms with Gasteiger partial charge in [-0.25, -0.2) is 9.97 Å². The van der Waals surface area contributed by atoms with Crippen LogP contribution >= 0.6 is 11.6 Å². The van der Waals surface area contributed by atoms with Crippen LogP contribution in [0.25, 0.3) is 22.3 Å². The third kappa shape index (κ3) is 6.44. The second-order valence-electron chi connectivity index (χ2n) is 8.96. The van der Waals surface area contributed by atoms with Crippen molar-refractivity contribution in [2.45, 2.75) is 45.3 Å². The molecule has 178 valence electrons. The first-order valence-electron chi connectivity index (χ1n) is 12.0. The SMILES string of the molecule is CC1C=C(Cl)C=CC1CCNc1ccc2nc(-c3ccccc3)c(CCCCC(O)O)nc2c1. The molecule has 2 unspecified atom stereocenters. The van der Waals surface area contributed by atoms with E-state index in [1.165, 1.54) is 0 Å². The molecule has 1 aliphatic rings. The number of aliphatic hydroxyl groups is 2. The van der Waals surface area contributed by atoms with E-state index >= 15 is 0 Å². The van der Waals surface area contributed by atoms with Gasteiger partial charge in [-0.3, -0.25) is 0 Å². The number of allylic oxidation sites excluding steroid dienone is 4. The van der Waals surface area contributed by atoms with Crippen molar-refractivity contribution in [3.05, 3.63) is 77.5 Å². The molecule has 1 aromatic heterocycles. The normalized spacial score (nSPS) is 17.9. The Morgan fingerprint density at radius 3 is 2.62 bits per heavy atom. The third-order valence-corrected chi connectivity index (χ3v) is 6.57. The van der Waals surface area contributed by atoms with E-state index in [2.05, 4.69) is 48.7 Å². The summed E-state index contributed by atoms with van der Waals surface area (Å²) >= 11 is 6.10. The Morgan fingerprint density at radius 1 is 1.03 bits per heavy atom. The van der Waals surface area contributed by atoms with Crippen molar-refractivity contribution in [2.75, 3.05) is 11.9 Å². The van der Waals surface area contributed by atoms with E-state index in [1.807, 2.05) is 30.3 Å². The molecule has 0 bridgehead atoms. The summed E-state index contributed by atoms with van der Waals surface area (Å²) in [7, 11) is 0. The average Bonchev–Trinajstić information content (AvgIpc) is 2.83. The quantitative estimate of drug-likeness (QED) is 0.244. The zero-order valence-corrected chi connectivity index (χ0v) is 20.2. The zero-order valence-electron chi connectivity index (χ0n) is 19.5. The number of aryl methyl sites for hydroxylation is 1. The van der Waals surface area contributed by atoms with Crippen LogP contribution < -0.4 is 5.32 Å². The Hall–Kier alpha value is -2.73. The van der Waals surface area contributed by atoms with Crippen LogP contribution in [0.1, 0.15) is 38.3 Å². The van der Waals surface area contributed by atoms with Crippen LogP contribution in [0.15, 0.2) is 71.8 Å². The van der Waals surface area contributed by atoms with Crippen molar-refractivity contribution in [1.29, 1.82) is 0 Å². The van der Waals surface area contributed by atoms with Crippen LogP contribution in [0, 0.1) is 11.8 Å². The number of hydrogen-bond donors (Lipinski definition) is 3. The lowest BCUT2D eigenvalue weighted by Crippen LogP contribution is -2.15. The molecule has 1 aliphatic carbocycles. The molecule has 2 aromatic carbocycles. The molecule has 3 aromatic rings. The van der Waals surface area contributed by atoms with E-state index < -0.39 is 6.29 Å². The Balaban J connectivity index is 1.50. The van der Waals surface area contributed by atoms with Gasteiger partial charge in [-0.15, -0.1) is 0 Å². The highest BCUT2D eigenvalue weighted by Gasteiger charge is 2.16. The maximum Gasteiger partial charge on any atom is 0.151 e. The number of halogens is 1. The number of aliphatic hydroxyl groups excluding tert-OH is 1. The Bertz CT molecular complexity index is 1160. The first-order chi connectivity index (χ1) is 16.5. The van der Waals surface area contributed by atoms with Crippen LogP contribution in [-0.2, 0) is 6.42 Å². The summed E-state index contributed by atoms with van der Waals surface area (Å²) in [6.07, 6.45) is 8.72. The van der Waals surface area contributed by atoms with Crippen molar-refractivity contribution in [3.63, 3.8) is 0 Å². The average molecular weight is 478 g/mol. The molecular formula is C28H32ClN3O2. The lowest BCUT2D eigenvalue weighted by atomic mass is 9.87. The van der Waals surface area contributed by atoms with Crippen molar-refractivity contribution in [1.82, 2.24) is 9.97 Å². The highest BCUT2D eigenvalue weighted by atomic mass is 35.5. The van der Waals surface area contributed by atoms with E-state index in [4.69, 9.17) is 31.8 Å². The van der Waals surface area contributed by atoms with Gasteiger partial charge >= 0.3 is 0 Å². The fourth-order valence-electron chi connectivity index (χ4n) is 4.39. The number of benzene rings is 2. The number of unbranched alkanes of at least 4 members (excludes halogenated alkanes) is 1. The number of nitrogens with one attached hydrogen (secondary N) is 1. The monoisotopic (exact) mass is 477 g/mol. The van der Waals surface area contributed by atoms with Gasteiger partial charge in [0.1, 0.15) is 0 Å². The van der Waals surface area contributed by atoms with Gasteiger partial charge < -0.3 is 15.5 Å². The number of hydrogen-bond acceptors (Lipinski definition) is 5. The summed E-state index contributed by atoms with van der Waals surface area (Å²) in [5, 5.41) is 22.6. The van der Waals surface area contributed by atoms with Crippen LogP contribution in [0.2, 0.25) is 0 Å². The molecule has 1 heterocycles. The summed E-state index contributed by atoms with van der Waals surface area (Å²) in [6, 6.07) is 16.3. The number of fused-ring (bicyclic) bond motifs is 1. The van der Waals surface area contributed by atoms with E-state index in [9.17, 15) is 0 Å². The molecule has 0 radical (unpaired) electrons. The van der Waals surface area contributed by atoms with E-state index in [0.29, 0.717) is 18.3 Å². The molecule has 5 nitrogen and oxygen atoms in total. The fraction of sp³-hybridized carbons (Fsp3) is 0.357. The maximum atomic E-state index is 9.14. The number of anilines is 1. The fourth-order valence-corrected chi connectivity index (χ4v) is 4.66. The lowest BCUT2D eigenvalue weighted by molar-refractivity contribution is -0.0465. The van der Waals surface area contributed by atoms with Crippen molar-refractivity contribution in [3.8, 4) is 11.3 Å².